The Kier molecular flexibility index (Phi) is 10.5. The average molecular weight is 559 g/mol. The molecule has 0 saturated carbocycles. The van der Waals surface area contributed by atoms with Gasteiger partial charge in [0.15, 0.2) is 5.96 Å². The monoisotopic (exact) mass is 558 g/mol. The normalized spacial score (nSPS) is 17.0. The molecule has 3 rings (SSSR count). The number of morpholine rings is 1. The van der Waals surface area contributed by atoms with Crippen molar-refractivity contribution in [2.24, 2.45) is 12.0 Å². The van der Waals surface area contributed by atoms with Crippen molar-refractivity contribution in [3.63, 3.8) is 0 Å². The second-order valence-corrected chi connectivity index (χ2v) is 8.35. The molecule has 180 valence electrons. The van der Waals surface area contributed by atoms with E-state index >= 15 is 0 Å². The Hall–Kier alpha value is -1.59. The molecule has 2 unspecified atom stereocenters. The van der Waals surface area contributed by atoms with Crippen LogP contribution in [-0.2, 0) is 18.2 Å². The Morgan fingerprint density at radius 2 is 1.94 bits per heavy atom. The Labute approximate surface area is 209 Å². The molecule has 1 fully saturated rings. The fraction of sp³-hybridized carbons (Fsp3) is 0.652. The molecular weight excluding hydrogens is 519 g/mol. The van der Waals surface area contributed by atoms with Crippen molar-refractivity contribution < 1.29 is 9.15 Å². The molecule has 1 aliphatic rings. The fourth-order valence-electron chi connectivity index (χ4n) is 4.11. The molecule has 0 amide bonds. The number of furan rings is 1. The van der Waals surface area contributed by atoms with E-state index in [1.165, 1.54) is 11.3 Å². The number of guanidine groups is 1. The van der Waals surface area contributed by atoms with Crippen LogP contribution in [0.5, 0.6) is 0 Å². The fourth-order valence-corrected chi connectivity index (χ4v) is 4.11. The molecular formula is C23H39IN6O2. The zero-order chi connectivity index (χ0) is 22.4. The summed E-state index contributed by atoms with van der Waals surface area (Å²) < 4.78 is 13.5. The Bertz CT molecular complexity index is 872. The molecule has 1 aliphatic heterocycles. The summed E-state index contributed by atoms with van der Waals surface area (Å²) in [6.45, 7) is 15.2. The molecule has 3 heterocycles. The van der Waals surface area contributed by atoms with Gasteiger partial charge in [-0.1, -0.05) is 0 Å². The van der Waals surface area contributed by atoms with E-state index in [1.807, 2.05) is 24.7 Å². The molecule has 2 atom stereocenters. The molecule has 0 spiro atoms. The Balaban J connectivity index is 0.00000363. The molecule has 0 aromatic carbocycles. The second kappa shape index (κ2) is 12.6. The summed E-state index contributed by atoms with van der Waals surface area (Å²) in [5.74, 6) is 2.72. The smallest absolute Gasteiger partial charge is 0.191 e. The van der Waals surface area contributed by atoms with Crippen LogP contribution in [-0.4, -0.2) is 66.1 Å². The van der Waals surface area contributed by atoms with Crippen LogP contribution in [0.4, 0.5) is 0 Å². The molecule has 1 saturated heterocycles. The molecule has 9 heteroatoms. The number of nitrogens with one attached hydrogen (secondary N) is 2. The summed E-state index contributed by atoms with van der Waals surface area (Å²) in [4.78, 5) is 7.34. The van der Waals surface area contributed by atoms with Gasteiger partial charge in [0, 0.05) is 38.4 Å². The summed E-state index contributed by atoms with van der Waals surface area (Å²) in [5.41, 5.74) is 3.61. The Morgan fingerprint density at radius 3 is 2.50 bits per heavy atom. The van der Waals surface area contributed by atoms with Crippen LogP contribution in [0.1, 0.15) is 48.4 Å². The van der Waals surface area contributed by atoms with Crippen molar-refractivity contribution in [1.29, 1.82) is 0 Å². The molecule has 8 nitrogen and oxygen atoms in total. The van der Waals surface area contributed by atoms with E-state index < -0.39 is 0 Å². The van der Waals surface area contributed by atoms with Gasteiger partial charge in [0.1, 0.15) is 11.5 Å². The van der Waals surface area contributed by atoms with Crippen molar-refractivity contribution in [1.82, 2.24) is 25.3 Å². The summed E-state index contributed by atoms with van der Waals surface area (Å²) >= 11 is 0. The molecule has 2 aromatic rings. The van der Waals surface area contributed by atoms with Crippen molar-refractivity contribution in [3.8, 4) is 0 Å². The number of ether oxygens (including phenoxy) is 1. The maximum atomic E-state index is 5.98. The molecule has 32 heavy (non-hydrogen) atoms. The van der Waals surface area contributed by atoms with E-state index in [4.69, 9.17) is 14.1 Å². The predicted molar refractivity (Wildman–Crippen MR) is 139 cm³/mol. The van der Waals surface area contributed by atoms with E-state index in [0.717, 1.165) is 62.4 Å². The van der Waals surface area contributed by atoms with Gasteiger partial charge in [-0.15, -0.1) is 24.0 Å². The topological polar surface area (TPSA) is 79.8 Å². The van der Waals surface area contributed by atoms with Crippen molar-refractivity contribution >= 4 is 29.9 Å². The lowest BCUT2D eigenvalue weighted by Crippen LogP contribution is -2.44. The zero-order valence-corrected chi connectivity index (χ0v) is 22.6. The number of halogens is 1. The van der Waals surface area contributed by atoms with Gasteiger partial charge in [0.05, 0.1) is 31.5 Å². The van der Waals surface area contributed by atoms with Crippen LogP contribution in [0, 0.1) is 20.8 Å². The third kappa shape index (κ3) is 6.95. The van der Waals surface area contributed by atoms with E-state index in [9.17, 15) is 0 Å². The van der Waals surface area contributed by atoms with Crippen molar-refractivity contribution in [2.75, 3.05) is 39.4 Å². The maximum Gasteiger partial charge on any atom is 0.191 e. The number of hydrogen-bond acceptors (Lipinski definition) is 5. The number of aliphatic imine (C=N–C) groups is 1. The third-order valence-corrected chi connectivity index (χ3v) is 5.89. The van der Waals surface area contributed by atoms with E-state index in [-0.39, 0.29) is 36.1 Å². The van der Waals surface area contributed by atoms with Crippen LogP contribution >= 0.6 is 24.0 Å². The van der Waals surface area contributed by atoms with Crippen molar-refractivity contribution in [2.45, 2.75) is 53.1 Å². The minimum atomic E-state index is 0. The first kappa shape index (κ1) is 26.7. The standard InChI is InChI=1S/C23H38N6O2.HI/c1-7-24-23(26-16(2)14-20-18(4)27-28(6)19(20)5)25-15-21(22-9-8-17(3)31-22)29-10-12-30-13-11-29;/h8-9,16,21H,7,10-15H2,1-6H3,(H2,24,25,26);1H. The predicted octanol–water partition coefficient (Wildman–Crippen LogP) is 3.12. The lowest BCUT2D eigenvalue weighted by Gasteiger charge is -2.32. The first-order chi connectivity index (χ1) is 14.9. The highest BCUT2D eigenvalue weighted by molar-refractivity contribution is 14.0. The van der Waals surface area contributed by atoms with Gasteiger partial charge in [0.25, 0.3) is 0 Å². The van der Waals surface area contributed by atoms with E-state index in [0.29, 0.717) is 6.54 Å². The molecule has 0 aliphatic carbocycles. The molecule has 2 aromatic heterocycles. The highest BCUT2D eigenvalue weighted by Crippen LogP contribution is 2.24. The number of aryl methyl sites for hydroxylation is 3. The number of rotatable bonds is 8. The summed E-state index contributed by atoms with van der Waals surface area (Å²) in [6.07, 6.45) is 0.903. The molecule has 2 N–H and O–H groups in total. The first-order valence-electron chi connectivity index (χ1n) is 11.3. The largest absolute Gasteiger partial charge is 0.465 e. The van der Waals surface area contributed by atoms with Crippen molar-refractivity contribution in [3.05, 3.63) is 40.6 Å². The van der Waals surface area contributed by atoms with Crippen LogP contribution in [0.3, 0.4) is 0 Å². The van der Waals surface area contributed by atoms with Gasteiger partial charge < -0.3 is 19.8 Å². The minimum Gasteiger partial charge on any atom is -0.465 e. The maximum absolute atomic E-state index is 5.98. The Morgan fingerprint density at radius 1 is 1.22 bits per heavy atom. The highest BCUT2D eigenvalue weighted by atomic mass is 127. The minimum absolute atomic E-state index is 0. The molecule has 0 bridgehead atoms. The van der Waals surface area contributed by atoms with Gasteiger partial charge in [-0.05, 0) is 58.7 Å². The summed E-state index contributed by atoms with van der Waals surface area (Å²) in [6, 6.07) is 4.43. The average Bonchev–Trinajstić information content (AvgIpc) is 3.27. The number of nitrogens with zero attached hydrogens (tertiary/aromatic N) is 4. The quantitative estimate of drug-likeness (QED) is 0.295. The first-order valence-corrected chi connectivity index (χ1v) is 11.3. The lowest BCUT2D eigenvalue weighted by molar-refractivity contribution is 0.0135. The zero-order valence-electron chi connectivity index (χ0n) is 20.3. The lowest BCUT2D eigenvalue weighted by atomic mass is 10.1. The van der Waals surface area contributed by atoms with Crippen LogP contribution in [0.2, 0.25) is 0 Å². The number of aromatic nitrogens is 2. The number of hydrogen-bond donors (Lipinski definition) is 2. The third-order valence-electron chi connectivity index (χ3n) is 5.89. The SMILES string of the molecule is CCNC(=NCC(c1ccc(C)o1)N1CCOCC1)NC(C)Cc1c(C)nn(C)c1C.I. The second-order valence-electron chi connectivity index (χ2n) is 8.35. The van der Waals surface area contributed by atoms with Crippen LogP contribution in [0.15, 0.2) is 21.5 Å². The van der Waals surface area contributed by atoms with E-state index in [1.54, 1.807) is 0 Å². The van der Waals surface area contributed by atoms with Gasteiger partial charge in [-0.25, -0.2) is 0 Å². The van der Waals surface area contributed by atoms with Gasteiger partial charge >= 0.3 is 0 Å². The van der Waals surface area contributed by atoms with Gasteiger partial charge in [-0.3, -0.25) is 14.6 Å². The highest BCUT2D eigenvalue weighted by Gasteiger charge is 2.25. The summed E-state index contributed by atoms with van der Waals surface area (Å²) in [5, 5.41) is 11.5. The van der Waals surface area contributed by atoms with E-state index in [2.05, 4.69) is 54.4 Å². The van der Waals surface area contributed by atoms with Crippen LogP contribution in [0.25, 0.3) is 0 Å². The summed E-state index contributed by atoms with van der Waals surface area (Å²) in [7, 11) is 2.00. The van der Waals surface area contributed by atoms with Crippen LogP contribution < -0.4 is 10.6 Å². The van der Waals surface area contributed by atoms with Gasteiger partial charge in [-0.2, -0.15) is 5.10 Å². The molecule has 0 radical (unpaired) electrons. The van der Waals surface area contributed by atoms with Gasteiger partial charge in [0.2, 0.25) is 0 Å².